The first-order valence-corrected chi connectivity index (χ1v) is 10.1. The van der Waals surface area contributed by atoms with Crippen molar-refractivity contribution in [3.05, 3.63) is 64.7 Å². The summed E-state index contributed by atoms with van der Waals surface area (Å²) in [6.45, 7) is 3.10. The molecule has 1 aliphatic carbocycles. The summed E-state index contributed by atoms with van der Waals surface area (Å²) in [4.78, 5) is 16.6. The number of aryl methyl sites for hydroxylation is 3. The highest BCUT2D eigenvalue weighted by molar-refractivity contribution is 5.94. The smallest absolute Gasteiger partial charge is 0.272 e. The maximum absolute atomic E-state index is 12.7. The Morgan fingerprint density at radius 1 is 1.29 bits per heavy atom. The Balaban J connectivity index is 1.48. The van der Waals surface area contributed by atoms with E-state index in [0.717, 1.165) is 35.4 Å². The molecule has 2 heterocycles. The summed E-state index contributed by atoms with van der Waals surface area (Å²) in [5.74, 6) is 0.584. The van der Waals surface area contributed by atoms with Crippen molar-refractivity contribution in [1.29, 1.82) is 0 Å². The van der Waals surface area contributed by atoms with Gasteiger partial charge < -0.3 is 14.6 Å². The molecule has 1 amide bonds. The Hall–Kier alpha value is -3.29. The van der Waals surface area contributed by atoms with E-state index in [9.17, 15) is 13.6 Å². The molecule has 6 nitrogen and oxygen atoms in total. The van der Waals surface area contributed by atoms with E-state index < -0.39 is 13.0 Å². The summed E-state index contributed by atoms with van der Waals surface area (Å²) < 4.78 is 34.7. The highest BCUT2D eigenvalue weighted by Crippen LogP contribution is 2.35. The van der Waals surface area contributed by atoms with Gasteiger partial charge >= 0.3 is 0 Å². The summed E-state index contributed by atoms with van der Waals surface area (Å²) in [6.07, 6.45) is 1.14. The molecule has 162 valence electrons. The standard InChI is InChI=1S/C23H23F2N3O3/c1-13-22(14(2)31-28-13)18-5-3-4-15-6-8-17(10-19(15)18)27-23(29)16-7-9-21(26-11-16)30-12-20(24)25/h3-5,7,9,11,17,20H,6,8,10,12H2,1-2H3,(H,27,29)/t17-/m1/s1. The van der Waals surface area contributed by atoms with Gasteiger partial charge in [-0.1, -0.05) is 23.4 Å². The van der Waals surface area contributed by atoms with Gasteiger partial charge in [-0.3, -0.25) is 4.79 Å². The number of carbonyl (C=O) groups is 1. The van der Waals surface area contributed by atoms with E-state index in [0.29, 0.717) is 12.0 Å². The number of carbonyl (C=O) groups excluding carboxylic acids is 1. The molecule has 0 spiro atoms. The van der Waals surface area contributed by atoms with Crippen LogP contribution in [0.3, 0.4) is 0 Å². The number of halogens is 2. The van der Waals surface area contributed by atoms with Crippen molar-refractivity contribution in [3.63, 3.8) is 0 Å². The third kappa shape index (κ3) is 4.57. The molecule has 1 aromatic carbocycles. The molecule has 0 fully saturated rings. The lowest BCUT2D eigenvalue weighted by atomic mass is 9.83. The Labute approximate surface area is 178 Å². The SMILES string of the molecule is Cc1noc(C)c1-c1cccc2c1C[C@H](NC(=O)c1ccc(OCC(F)F)nc1)CC2. The van der Waals surface area contributed by atoms with Crippen molar-refractivity contribution in [2.45, 2.75) is 45.6 Å². The minimum Gasteiger partial charge on any atom is -0.472 e. The summed E-state index contributed by atoms with van der Waals surface area (Å²) in [5.41, 5.74) is 5.77. The quantitative estimate of drug-likeness (QED) is 0.635. The van der Waals surface area contributed by atoms with Crippen LogP contribution in [0.1, 0.15) is 39.4 Å². The normalized spacial score (nSPS) is 15.6. The van der Waals surface area contributed by atoms with E-state index in [4.69, 9.17) is 9.26 Å². The van der Waals surface area contributed by atoms with Crippen LogP contribution in [0.5, 0.6) is 5.88 Å². The second-order valence-corrected chi connectivity index (χ2v) is 7.64. The topological polar surface area (TPSA) is 77.2 Å². The molecule has 1 N–H and O–H groups in total. The molecule has 0 radical (unpaired) electrons. The first-order valence-electron chi connectivity index (χ1n) is 10.1. The first-order chi connectivity index (χ1) is 14.9. The molecule has 0 aliphatic heterocycles. The van der Waals surface area contributed by atoms with Gasteiger partial charge in [0.15, 0.2) is 6.61 Å². The molecule has 1 atom stereocenters. The minimum absolute atomic E-state index is 0.0311. The summed E-state index contributed by atoms with van der Waals surface area (Å²) in [7, 11) is 0. The molecule has 0 bridgehead atoms. The van der Waals surface area contributed by atoms with E-state index in [1.54, 1.807) is 0 Å². The average Bonchev–Trinajstić information content (AvgIpc) is 3.10. The highest BCUT2D eigenvalue weighted by Gasteiger charge is 2.25. The lowest BCUT2D eigenvalue weighted by molar-refractivity contribution is 0.0794. The summed E-state index contributed by atoms with van der Waals surface area (Å²) >= 11 is 0. The molecule has 31 heavy (non-hydrogen) atoms. The van der Waals surface area contributed by atoms with Crippen molar-refractivity contribution in [2.75, 3.05) is 6.61 Å². The number of nitrogens with zero attached hydrogens (tertiary/aromatic N) is 2. The Morgan fingerprint density at radius 3 is 2.81 bits per heavy atom. The number of hydrogen-bond donors (Lipinski definition) is 1. The molecule has 0 saturated carbocycles. The number of pyridine rings is 1. The fourth-order valence-corrected chi connectivity index (χ4v) is 4.03. The molecule has 3 aromatic rings. The van der Waals surface area contributed by atoms with Crippen LogP contribution >= 0.6 is 0 Å². The van der Waals surface area contributed by atoms with Crippen LogP contribution in [0.4, 0.5) is 8.78 Å². The van der Waals surface area contributed by atoms with Crippen molar-refractivity contribution in [2.24, 2.45) is 0 Å². The maximum atomic E-state index is 12.7. The molecule has 4 rings (SSSR count). The number of nitrogens with one attached hydrogen (secondary N) is 1. The van der Waals surface area contributed by atoms with Gasteiger partial charge in [0.2, 0.25) is 5.88 Å². The highest BCUT2D eigenvalue weighted by atomic mass is 19.3. The van der Waals surface area contributed by atoms with Gasteiger partial charge in [-0.05, 0) is 55.9 Å². The number of hydrogen-bond acceptors (Lipinski definition) is 5. The van der Waals surface area contributed by atoms with E-state index in [1.807, 2.05) is 19.9 Å². The zero-order chi connectivity index (χ0) is 22.0. The second-order valence-electron chi connectivity index (χ2n) is 7.64. The molecule has 2 aromatic heterocycles. The zero-order valence-corrected chi connectivity index (χ0v) is 17.3. The van der Waals surface area contributed by atoms with Crippen LogP contribution < -0.4 is 10.1 Å². The third-order valence-electron chi connectivity index (χ3n) is 5.48. The van der Waals surface area contributed by atoms with Crippen LogP contribution in [0.2, 0.25) is 0 Å². The van der Waals surface area contributed by atoms with Crippen molar-refractivity contribution in [1.82, 2.24) is 15.5 Å². The van der Waals surface area contributed by atoms with Crippen LogP contribution in [0, 0.1) is 13.8 Å². The number of fused-ring (bicyclic) bond motifs is 1. The third-order valence-corrected chi connectivity index (χ3v) is 5.48. The van der Waals surface area contributed by atoms with Crippen LogP contribution in [-0.2, 0) is 12.8 Å². The fourth-order valence-electron chi connectivity index (χ4n) is 4.03. The van der Waals surface area contributed by atoms with Gasteiger partial charge in [-0.25, -0.2) is 13.8 Å². The van der Waals surface area contributed by atoms with E-state index in [1.165, 1.54) is 29.5 Å². The number of benzene rings is 1. The number of rotatable bonds is 6. The Morgan fingerprint density at radius 2 is 2.13 bits per heavy atom. The van der Waals surface area contributed by atoms with Gasteiger partial charge in [0.05, 0.1) is 11.3 Å². The fraction of sp³-hybridized carbons (Fsp3) is 0.348. The van der Waals surface area contributed by atoms with Crippen molar-refractivity contribution >= 4 is 5.91 Å². The largest absolute Gasteiger partial charge is 0.472 e. The van der Waals surface area contributed by atoms with Crippen LogP contribution in [-0.4, -0.2) is 35.1 Å². The minimum atomic E-state index is -2.57. The molecule has 1 aliphatic rings. The lowest BCUT2D eigenvalue weighted by Crippen LogP contribution is -2.39. The Kier molecular flexibility index (Phi) is 5.97. The summed E-state index contributed by atoms with van der Waals surface area (Å²) in [5, 5.41) is 7.14. The molecule has 0 saturated heterocycles. The van der Waals surface area contributed by atoms with Gasteiger partial charge in [-0.2, -0.15) is 0 Å². The predicted molar refractivity (Wildman–Crippen MR) is 110 cm³/mol. The zero-order valence-electron chi connectivity index (χ0n) is 17.3. The predicted octanol–water partition coefficient (Wildman–Crippen LogP) is 4.28. The number of aromatic nitrogens is 2. The van der Waals surface area contributed by atoms with Crippen LogP contribution in [0.15, 0.2) is 41.1 Å². The lowest BCUT2D eigenvalue weighted by Gasteiger charge is -2.27. The molecule has 0 unspecified atom stereocenters. The monoisotopic (exact) mass is 427 g/mol. The maximum Gasteiger partial charge on any atom is 0.272 e. The van der Waals surface area contributed by atoms with E-state index in [-0.39, 0.29) is 17.8 Å². The van der Waals surface area contributed by atoms with Crippen molar-refractivity contribution < 1.29 is 22.8 Å². The number of amides is 1. The summed E-state index contributed by atoms with van der Waals surface area (Å²) in [6, 6.07) is 9.14. The molecular weight excluding hydrogens is 404 g/mol. The molecule has 8 heteroatoms. The van der Waals surface area contributed by atoms with Gasteiger partial charge in [-0.15, -0.1) is 0 Å². The van der Waals surface area contributed by atoms with E-state index in [2.05, 4.69) is 27.6 Å². The second kappa shape index (κ2) is 8.83. The van der Waals surface area contributed by atoms with Gasteiger partial charge in [0.1, 0.15) is 5.76 Å². The van der Waals surface area contributed by atoms with Crippen LogP contribution in [0.25, 0.3) is 11.1 Å². The average molecular weight is 427 g/mol. The van der Waals surface area contributed by atoms with Gasteiger partial charge in [0.25, 0.3) is 12.3 Å². The van der Waals surface area contributed by atoms with E-state index >= 15 is 0 Å². The van der Waals surface area contributed by atoms with Gasteiger partial charge in [0, 0.05) is 23.9 Å². The Bertz CT molecular complexity index is 1060. The number of ether oxygens (including phenoxy) is 1. The first kappa shape index (κ1) is 21.0. The molecular formula is C23H23F2N3O3. The number of alkyl halides is 2. The van der Waals surface area contributed by atoms with Crippen molar-refractivity contribution in [3.8, 4) is 17.0 Å².